The van der Waals surface area contributed by atoms with Crippen LogP contribution in [0.4, 0.5) is 22.0 Å². The summed E-state index contributed by atoms with van der Waals surface area (Å²) in [6.07, 6.45) is -4.90. The quantitative estimate of drug-likeness (QED) is 0.234. The van der Waals surface area contributed by atoms with Gasteiger partial charge in [0.05, 0.1) is 30.6 Å². The summed E-state index contributed by atoms with van der Waals surface area (Å²) in [7, 11) is 1.21. The number of esters is 2. The minimum atomic E-state index is -4.80. The van der Waals surface area contributed by atoms with E-state index in [2.05, 4.69) is 14.5 Å². The van der Waals surface area contributed by atoms with E-state index in [1.807, 2.05) is 0 Å². The first-order valence-electron chi connectivity index (χ1n) is 12.2. The first-order valence-corrected chi connectivity index (χ1v) is 12.2. The highest BCUT2D eigenvalue weighted by atomic mass is 19.4. The van der Waals surface area contributed by atoms with Crippen molar-refractivity contribution in [3.05, 3.63) is 89.5 Å². The fraction of sp³-hybridized carbons (Fsp3) is 0.276. The van der Waals surface area contributed by atoms with Gasteiger partial charge in [0.25, 0.3) is 0 Å². The van der Waals surface area contributed by atoms with Crippen molar-refractivity contribution in [1.29, 1.82) is 0 Å². The predicted octanol–water partition coefficient (Wildman–Crippen LogP) is 6.43. The second kappa shape index (κ2) is 11.8. The number of benzene rings is 3. The lowest BCUT2D eigenvalue weighted by Gasteiger charge is -2.19. The van der Waals surface area contributed by atoms with Crippen molar-refractivity contribution in [2.24, 2.45) is 16.8 Å². The molecule has 0 spiro atoms. The van der Waals surface area contributed by atoms with Crippen LogP contribution in [-0.4, -0.2) is 37.7 Å². The van der Waals surface area contributed by atoms with E-state index in [4.69, 9.17) is 4.74 Å². The van der Waals surface area contributed by atoms with Crippen LogP contribution >= 0.6 is 0 Å². The molecular weight excluding hydrogens is 537 g/mol. The lowest BCUT2D eigenvalue weighted by atomic mass is 9.90. The fourth-order valence-corrected chi connectivity index (χ4v) is 4.39. The number of ether oxygens (including phenoxy) is 3. The van der Waals surface area contributed by atoms with Crippen LogP contribution in [0.5, 0.6) is 5.75 Å². The molecule has 3 aromatic rings. The number of halogens is 5. The lowest BCUT2D eigenvalue weighted by Crippen LogP contribution is -2.26. The molecule has 0 aliphatic carbocycles. The minimum Gasteiger partial charge on any atom is -0.469 e. The van der Waals surface area contributed by atoms with Gasteiger partial charge in [-0.3, -0.25) is 14.6 Å². The molecule has 4 rings (SSSR count). The van der Waals surface area contributed by atoms with Gasteiger partial charge in [0.1, 0.15) is 24.0 Å². The van der Waals surface area contributed by atoms with Crippen molar-refractivity contribution >= 4 is 17.7 Å². The highest BCUT2D eigenvalue weighted by Gasteiger charge is 2.39. The third kappa shape index (κ3) is 6.64. The van der Waals surface area contributed by atoms with Gasteiger partial charge in [0.2, 0.25) is 0 Å². The van der Waals surface area contributed by atoms with E-state index < -0.39 is 47.8 Å². The van der Waals surface area contributed by atoms with Gasteiger partial charge < -0.3 is 14.2 Å². The number of nitrogens with zero attached hydrogens (tertiary/aromatic N) is 1. The van der Waals surface area contributed by atoms with E-state index in [9.17, 15) is 31.5 Å². The van der Waals surface area contributed by atoms with Gasteiger partial charge in [0, 0.05) is 12.1 Å². The third-order valence-corrected chi connectivity index (χ3v) is 6.40. The zero-order valence-corrected chi connectivity index (χ0v) is 21.4. The number of aliphatic imine (C=N–C) groups is 1. The molecule has 40 heavy (non-hydrogen) atoms. The van der Waals surface area contributed by atoms with Crippen LogP contribution in [0.3, 0.4) is 0 Å². The summed E-state index contributed by atoms with van der Waals surface area (Å²) in [5.41, 5.74) is 1.56. The van der Waals surface area contributed by atoms with Crippen molar-refractivity contribution in [3.8, 4) is 16.9 Å². The monoisotopic (exact) mass is 561 g/mol. The number of carbonyl (C=O) groups is 2. The maximum absolute atomic E-state index is 14.5. The maximum atomic E-state index is 14.5. The highest BCUT2D eigenvalue weighted by molar-refractivity contribution is 6.04. The molecule has 3 atom stereocenters. The molecule has 0 amide bonds. The summed E-state index contributed by atoms with van der Waals surface area (Å²) in [6.45, 7) is 1.29. The van der Waals surface area contributed by atoms with Gasteiger partial charge in [-0.1, -0.05) is 42.5 Å². The molecule has 210 valence electrons. The molecular formula is C29H24F5NO5. The minimum absolute atomic E-state index is 0.0629. The Morgan fingerprint density at radius 3 is 2.08 bits per heavy atom. The van der Waals surface area contributed by atoms with Crippen LogP contribution in [-0.2, 0) is 19.1 Å². The first kappa shape index (κ1) is 28.7. The summed E-state index contributed by atoms with van der Waals surface area (Å²) < 4.78 is 80.3. The van der Waals surface area contributed by atoms with Gasteiger partial charge in [0.15, 0.2) is 0 Å². The van der Waals surface area contributed by atoms with Crippen molar-refractivity contribution in [1.82, 2.24) is 0 Å². The molecule has 3 aromatic carbocycles. The summed E-state index contributed by atoms with van der Waals surface area (Å²) >= 11 is 0. The van der Waals surface area contributed by atoms with Crippen LogP contribution in [0, 0.1) is 23.5 Å². The van der Waals surface area contributed by atoms with E-state index in [1.165, 1.54) is 44.4 Å². The third-order valence-electron chi connectivity index (χ3n) is 6.40. The number of methoxy groups -OCH3 is 1. The van der Waals surface area contributed by atoms with Crippen molar-refractivity contribution < 1.29 is 45.8 Å². The first-order chi connectivity index (χ1) is 19.0. The Bertz CT molecular complexity index is 1380. The highest BCUT2D eigenvalue weighted by Crippen LogP contribution is 2.39. The Balaban J connectivity index is 1.60. The smallest absolute Gasteiger partial charge is 0.469 e. The zero-order chi connectivity index (χ0) is 29.0. The molecule has 1 aliphatic heterocycles. The van der Waals surface area contributed by atoms with Crippen LogP contribution in [0.25, 0.3) is 11.1 Å². The zero-order valence-electron chi connectivity index (χ0n) is 21.4. The predicted molar refractivity (Wildman–Crippen MR) is 134 cm³/mol. The fourth-order valence-electron chi connectivity index (χ4n) is 4.39. The van der Waals surface area contributed by atoms with Gasteiger partial charge in [-0.2, -0.15) is 0 Å². The van der Waals surface area contributed by atoms with Crippen molar-refractivity contribution in [2.45, 2.75) is 25.7 Å². The topological polar surface area (TPSA) is 74.2 Å². The molecule has 6 nitrogen and oxygen atoms in total. The van der Waals surface area contributed by atoms with E-state index in [-0.39, 0.29) is 30.1 Å². The largest absolute Gasteiger partial charge is 0.573 e. The van der Waals surface area contributed by atoms with Gasteiger partial charge in [-0.25, -0.2) is 8.78 Å². The Morgan fingerprint density at radius 1 is 0.950 bits per heavy atom. The molecule has 11 heteroatoms. The second-order valence-corrected chi connectivity index (χ2v) is 9.18. The molecule has 0 saturated carbocycles. The van der Waals surface area contributed by atoms with E-state index in [0.717, 1.165) is 12.1 Å². The molecule has 0 fully saturated rings. The van der Waals surface area contributed by atoms with Crippen molar-refractivity contribution in [2.75, 3.05) is 13.7 Å². The summed E-state index contributed by atoms with van der Waals surface area (Å²) in [5.74, 6) is -4.90. The molecule has 0 bridgehead atoms. The van der Waals surface area contributed by atoms with Crippen LogP contribution in [0.2, 0.25) is 0 Å². The van der Waals surface area contributed by atoms with Crippen LogP contribution in [0.15, 0.2) is 71.7 Å². The Labute approximate surface area is 226 Å². The number of rotatable bonds is 8. The van der Waals surface area contributed by atoms with Gasteiger partial charge in [-0.05, 0) is 47.9 Å². The van der Waals surface area contributed by atoms with Gasteiger partial charge >= 0.3 is 18.3 Å². The SMILES string of the molecule is COC(=O)[C@H](C)COC(=O)[C@H]1CC(c2c(F)cccc2F)=N[C@H]1c1ccc(-c2ccc(OC(F)(F)F)cc2)cc1. The molecule has 0 radical (unpaired) electrons. The normalized spacial score (nSPS) is 17.6. The average molecular weight is 562 g/mol. The number of hydrogen-bond acceptors (Lipinski definition) is 6. The van der Waals surface area contributed by atoms with Gasteiger partial charge in [-0.15, -0.1) is 13.2 Å². The molecule has 1 aliphatic rings. The summed E-state index contributed by atoms with van der Waals surface area (Å²) in [6, 6.07) is 14.6. The Hall–Kier alpha value is -4.28. The molecule has 1 heterocycles. The van der Waals surface area contributed by atoms with E-state index in [0.29, 0.717) is 16.7 Å². The van der Waals surface area contributed by atoms with Crippen LogP contribution < -0.4 is 4.74 Å². The summed E-state index contributed by atoms with van der Waals surface area (Å²) in [4.78, 5) is 29.3. The standard InChI is InChI=1S/C29H24F5NO5/c1-16(27(36)38-2)15-39-28(37)21-14-24(25-22(30)4-3-5-23(25)31)35-26(21)19-8-6-17(7-9-19)18-10-12-20(13-11-18)40-29(32,33)34/h3-13,16,21,26H,14-15H2,1-2H3/t16-,21+,26+/m1/s1. The Morgan fingerprint density at radius 2 is 1.52 bits per heavy atom. The van der Waals surface area contributed by atoms with Crippen molar-refractivity contribution in [3.63, 3.8) is 0 Å². The molecule has 0 saturated heterocycles. The van der Waals surface area contributed by atoms with Crippen LogP contribution in [0.1, 0.15) is 30.5 Å². The Kier molecular flexibility index (Phi) is 8.51. The second-order valence-electron chi connectivity index (χ2n) is 9.18. The number of hydrogen-bond donors (Lipinski definition) is 0. The lowest BCUT2D eigenvalue weighted by molar-refractivity contribution is -0.274. The molecule has 0 aromatic heterocycles. The number of carbonyl (C=O) groups excluding carboxylic acids is 2. The summed E-state index contributed by atoms with van der Waals surface area (Å²) in [5, 5.41) is 0. The molecule has 0 unspecified atom stereocenters. The number of alkyl halides is 3. The molecule has 0 N–H and O–H groups in total. The van der Waals surface area contributed by atoms with E-state index in [1.54, 1.807) is 24.3 Å². The average Bonchev–Trinajstić information content (AvgIpc) is 3.35. The van der Waals surface area contributed by atoms with E-state index >= 15 is 0 Å². The maximum Gasteiger partial charge on any atom is 0.573 e.